The maximum absolute atomic E-state index is 11.0. The fourth-order valence-corrected chi connectivity index (χ4v) is 1.75. The molecule has 1 aromatic heterocycles. The molecule has 18 heavy (non-hydrogen) atoms. The molecular weight excluding hydrogens is 256 g/mol. The zero-order valence-electron chi connectivity index (χ0n) is 10.9. The van der Waals surface area contributed by atoms with Gasteiger partial charge in [-0.1, -0.05) is 13.8 Å². The van der Waals surface area contributed by atoms with Crippen LogP contribution in [0, 0.1) is 16.0 Å². The smallest absolute Gasteiger partial charge is 0.329 e. The lowest BCUT2D eigenvalue weighted by atomic mass is 10.1. The number of nitrogens with zero attached hydrogens (tertiary/aromatic N) is 4. The predicted molar refractivity (Wildman–Crippen MR) is 71.0 cm³/mol. The van der Waals surface area contributed by atoms with Crippen molar-refractivity contribution in [3.8, 4) is 0 Å². The molecule has 0 N–H and O–H groups in total. The van der Waals surface area contributed by atoms with E-state index in [1.165, 1.54) is 0 Å². The van der Waals surface area contributed by atoms with Crippen LogP contribution in [0.15, 0.2) is 6.20 Å². The number of hydrogen-bond acceptors (Lipinski definition) is 5. The van der Waals surface area contributed by atoms with Crippen molar-refractivity contribution >= 4 is 23.1 Å². The van der Waals surface area contributed by atoms with Gasteiger partial charge in [0.25, 0.3) is 0 Å². The van der Waals surface area contributed by atoms with Crippen molar-refractivity contribution in [3.63, 3.8) is 0 Å². The van der Waals surface area contributed by atoms with Crippen molar-refractivity contribution in [1.82, 2.24) is 9.97 Å². The summed E-state index contributed by atoms with van der Waals surface area (Å²) in [7, 11) is 0. The first-order valence-corrected chi connectivity index (χ1v) is 6.14. The van der Waals surface area contributed by atoms with Crippen molar-refractivity contribution in [2.45, 2.75) is 33.7 Å². The molecule has 1 aromatic rings. The Labute approximate surface area is 111 Å². The van der Waals surface area contributed by atoms with E-state index in [0.29, 0.717) is 12.5 Å². The Morgan fingerprint density at radius 3 is 2.50 bits per heavy atom. The minimum Gasteiger partial charge on any atom is -0.348 e. The third kappa shape index (κ3) is 3.53. The molecular formula is C11H17ClN4O2. The van der Waals surface area contributed by atoms with Gasteiger partial charge in [-0.05, 0) is 31.4 Å². The van der Waals surface area contributed by atoms with Gasteiger partial charge in [0.15, 0.2) is 0 Å². The summed E-state index contributed by atoms with van der Waals surface area (Å²) >= 11 is 5.74. The highest BCUT2D eigenvalue weighted by Gasteiger charge is 2.24. The molecule has 1 rings (SSSR count). The second-order valence-corrected chi connectivity index (χ2v) is 5.08. The maximum Gasteiger partial charge on any atom is 0.329 e. The highest BCUT2D eigenvalue weighted by Crippen LogP contribution is 2.28. The highest BCUT2D eigenvalue weighted by atomic mass is 35.5. The third-order valence-electron chi connectivity index (χ3n) is 2.37. The van der Waals surface area contributed by atoms with Crippen LogP contribution in [-0.4, -0.2) is 27.5 Å². The Morgan fingerprint density at radius 1 is 1.44 bits per heavy atom. The van der Waals surface area contributed by atoms with E-state index in [0.717, 1.165) is 6.20 Å². The van der Waals surface area contributed by atoms with E-state index in [4.69, 9.17) is 11.6 Å². The minimum atomic E-state index is -0.485. The van der Waals surface area contributed by atoms with E-state index < -0.39 is 4.92 Å². The number of rotatable bonds is 5. The van der Waals surface area contributed by atoms with Gasteiger partial charge in [0.2, 0.25) is 11.1 Å². The summed E-state index contributed by atoms with van der Waals surface area (Å²) < 4.78 is 0. The van der Waals surface area contributed by atoms with E-state index in [1.54, 1.807) is 0 Å². The van der Waals surface area contributed by atoms with Crippen LogP contribution in [0.3, 0.4) is 0 Å². The van der Waals surface area contributed by atoms with Crippen LogP contribution in [0.25, 0.3) is 0 Å². The Balaban J connectivity index is 3.25. The normalized spacial score (nSPS) is 11.1. The summed E-state index contributed by atoms with van der Waals surface area (Å²) in [6, 6.07) is 0.0945. The van der Waals surface area contributed by atoms with Crippen LogP contribution in [0.5, 0.6) is 0 Å². The summed E-state index contributed by atoms with van der Waals surface area (Å²) in [4.78, 5) is 20.1. The standard InChI is InChI=1S/C11H17ClN4O2/c1-7(2)6-15(8(3)4)10-9(16(17)18)5-13-11(12)14-10/h5,7-8H,6H2,1-4H3. The zero-order valence-corrected chi connectivity index (χ0v) is 11.7. The first-order valence-electron chi connectivity index (χ1n) is 5.76. The van der Waals surface area contributed by atoms with Gasteiger partial charge >= 0.3 is 5.69 Å². The van der Waals surface area contributed by atoms with Gasteiger partial charge in [0, 0.05) is 12.6 Å². The van der Waals surface area contributed by atoms with Crippen LogP contribution in [0.1, 0.15) is 27.7 Å². The number of nitro groups is 1. The maximum atomic E-state index is 11.0. The van der Waals surface area contributed by atoms with Crippen molar-refractivity contribution in [2.24, 2.45) is 5.92 Å². The summed E-state index contributed by atoms with van der Waals surface area (Å²) in [5, 5.41) is 11.0. The number of halogens is 1. The average molecular weight is 273 g/mol. The molecule has 0 aliphatic carbocycles. The van der Waals surface area contributed by atoms with Gasteiger partial charge in [-0.2, -0.15) is 4.98 Å². The molecule has 0 spiro atoms. The van der Waals surface area contributed by atoms with Crippen molar-refractivity contribution in [3.05, 3.63) is 21.6 Å². The summed E-state index contributed by atoms with van der Waals surface area (Å²) in [6.07, 6.45) is 1.15. The summed E-state index contributed by atoms with van der Waals surface area (Å²) in [5.74, 6) is 0.643. The fraction of sp³-hybridized carbons (Fsp3) is 0.636. The van der Waals surface area contributed by atoms with E-state index in [2.05, 4.69) is 9.97 Å². The molecule has 100 valence electrons. The highest BCUT2D eigenvalue weighted by molar-refractivity contribution is 6.28. The molecule has 0 amide bonds. The van der Waals surface area contributed by atoms with Crippen molar-refractivity contribution in [2.75, 3.05) is 11.4 Å². The van der Waals surface area contributed by atoms with Gasteiger partial charge in [0.05, 0.1) is 4.92 Å². The minimum absolute atomic E-state index is 0.0185. The third-order valence-corrected chi connectivity index (χ3v) is 2.56. The molecule has 1 heterocycles. The fourth-order valence-electron chi connectivity index (χ4n) is 1.62. The Morgan fingerprint density at radius 2 is 2.06 bits per heavy atom. The SMILES string of the molecule is CC(C)CN(c1nc(Cl)ncc1[N+](=O)[O-])C(C)C. The number of anilines is 1. The van der Waals surface area contributed by atoms with E-state index in [1.807, 2.05) is 32.6 Å². The first kappa shape index (κ1) is 14.6. The average Bonchev–Trinajstić information content (AvgIpc) is 2.24. The molecule has 0 aromatic carbocycles. The van der Waals surface area contributed by atoms with Gasteiger partial charge in [0.1, 0.15) is 6.20 Å². The molecule has 0 saturated heterocycles. The second-order valence-electron chi connectivity index (χ2n) is 4.74. The van der Waals surface area contributed by atoms with Gasteiger partial charge < -0.3 is 4.90 Å². The monoisotopic (exact) mass is 272 g/mol. The molecule has 0 bridgehead atoms. The van der Waals surface area contributed by atoms with Crippen LogP contribution in [-0.2, 0) is 0 Å². The molecule has 0 aliphatic rings. The Hall–Kier alpha value is -1.43. The van der Waals surface area contributed by atoms with Crippen LogP contribution in [0.2, 0.25) is 5.28 Å². The molecule has 0 atom stereocenters. The van der Waals surface area contributed by atoms with E-state index in [-0.39, 0.29) is 22.8 Å². The summed E-state index contributed by atoms with van der Waals surface area (Å²) in [6.45, 7) is 8.68. The molecule has 0 saturated carbocycles. The van der Waals surface area contributed by atoms with Gasteiger partial charge in [-0.3, -0.25) is 10.1 Å². The topological polar surface area (TPSA) is 72.2 Å². The molecule has 0 aliphatic heterocycles. The number of aromatic nitrogens is 2. The second kappa shape index (κ2) is 5.95. The zero-order chi connectivity index (χ0) is 13.9. The lowest BCUT2D eigenvalue weighted by Crippen LogP contribution is -2.35. The van der Waals surface area contributed by atoms with E-state index >= 15 is 0 Å². The molecule has 7 heteroatoms. The van der Waals surface area contributed by atoms with Crippen LogP contribution in [0.4, 0.5) is 11.5 Å². The summed E-state index contributed by atoms with van der Waals surface area (Å²) in [5.41, 5.74) is -0.117. The van der Waals surface area contributed by atoms with E-state index in [9.17, 15) is 10.1 Å². The van der Waals surface area contributed by atoms with Gasteiger partial charge in [-0.15, -0.1) is 0 Å². The molecule has 0 radical (unpaired) electrons. The Bertz CT molecular complexity index is 437. The van der Waals surface area contributed by atoms with Gasteiger partial charge in [-0.25, -0.2) is 4.98 Å². The van der Waals surface area contributed by atoms with Crippen molar-refractivity contribution < 1.29 is 4.92 Å². The van der Waals surface area contributed by atoms with Crippen molar-refractivity contribution in [1.29, 1.82) is 0 Å². The lowest BCUT2D eigenvalue weighted by molar-refractivity contribution is -0.384. The quantitative estimate of drug-likeness (QED) is 0.468. The molecule has 6 nitrogen and oxygen atoms in total. The Kier molecular flexibility index (Phi) is 4.84. The lowest BCUT2D eigenvalue weighted by Gasteiger charge is -2.28. The molecule has 0 unspecified atom stereocenters. The first-order chi connectivity index (χ1) is 8.32. The molecule has 0 fully saturated rings. The largest absolute Gasteiger partial charge is 0.348 e. The van der Waals surface area contributed by atoms with Crippen LogP contribution >= 0.6 is 11.6 Å². The predicted octanol–water partition coefficient (Wildman–Crippen LogP) is 2.91. The number of hydrogen-bond donors (Lipinski definition) is 0. The van der Waals surface area contributed by atoms with Crippen LogP contribution < -0.4 is 4.90 Å².